The van der Waals surface area contributed by atoms with E-state index in [9.17, 15) is 14.7 Å². The Kier molecular flexibility index (Phi) is 12.4. The first-order chi connectivity index (χ1) is 12.7. The van der Waals surface area contributed by atoms with E-state index in [1.54, 1.807) is 12.8 Å². The molecule has 1 rings (SSSR count). The highest BCUT2D eigenvalue weighted by Crippen LogP contribution is 2.12. The van der Waals surface area contributed by atoms with Crippen LogP contribution in [-0.2, 0) is 25.7 Å². The summed E-state index contributed by atoms with van der Waals surface area (Å²) in [6, 6.07) is 9.64. The molecule has 5 nitrogen and oxygen atoms in total. The molecule has 1 N–H and O–H groups in total. The van der Waals surface area contributed by atoms with Crippen molar-refractivity contribution in [2.24, 2.45) is 0 Å². The molecule has 0 aliphatic carbocycles. The van der Waals surface area contributed by atoms with Gasteiger partial charge >= 0.3 is 0 Å². The third-order valence-electron chi connectivity index (χ3n) is 3.79. The zero-order chi connectivity index (χ0) is 19.0. The Morgan fingerprint density at radius 2 is 2.00 bits per heavy atom. The second-order valence-corrected chi connectivity index (χ2v) is 6.14. The highest BCUT2D eigenvalue weighted by molar-refractivity contribution is 5.89. The summed E-state index contributed by atoms with van der Waals surface area (Å²) in [5.41, 5.74) is 1.02. The fourth-order valence-corrected chi connectivity index (χ4v) is 2.41. The van der Waals surface area contributed by atoms with E-state index >= 15 is 0 Å². The summed E-state index contributed by atoms with van der Waals surface area (Å²) < 4.78 is 10.4. The van der Waals surface area contributed by atoms with Gasteiger partial charge < -0.3 is 14.6 Å². The minimum absolute atomic E-state index is 0.00578. The number of hydrogen-bond acceptors (Lipinski definition) is 5. The Hall–Kier alpha value is -1.72. The van der Waals surface area contributed by atoms with Gasteiger partial charge in [-0.1, -0.05) is 50.1 Å². The minimum atomic E-state index is -0.845. The summed E-state index contributed by atoms with van der Waals surface area (Å²) in [5, 5.41) is 9.87. The molecule has 0 fully saturated rings. The van der Waals surface area contributed by atoms with Crippen molar-refractivity contribution in [1.82, 2.24) is 0 Å². The summed E-state index contributed by atoms with van der Waals surface area (Å²) in [6.07, 6.45) is 7.36. The number of ether oxygens (including phenoxy) is 2. The third-order valence-corrected chi connectivity index (χ3v) is 3.79. The van der Waals surface area contributed by atoms with E-state index in [-0.39, 0.29) is 24.9 Å². The topological polar surface area (TPSA) is 72.8 Å². The molecule has 0 aliphatic heterocycles. The number of rotatable bonds is 16. The van der Waals surface area contributed by atoms with Gasteiger partial charge in [0.2, 0.25) is 0 Å². The van der Waals surface area contributed by atoms with Crippen molar-refractivity contribution >= 4 is 12.3 Å². The van der Waals surface area contributed by atoms with Crippen molar-refractivity contribution in [3.63, 3.8) is 0 Å². The minimum Gasteiger partial charge on any atom is -0.464 e. The lowest BCUT2D eigenvalue weighted by molar-refractivity contribution is -0.132. The number of unbranched alkanes of at least 4 members (excludes halogenated alkanes) is 2. The van der Waals surface area contributed by atoms with E-state index in [1.165, 1.54) is 6.42 Å². The van der Waals surface area contributed by atoms with Crippen LogP contribution >= 0.6 is 0 Å². The number of hydrogen-bond donors (Lipinski definition) is 1. The lowest BCUT2D eigenvalue weighted by Gasteiger charge is -2.14. The Morgan fingerprint density at radius 1 is 1.23 bits per heavy atom. The average molecular weight is 361 g/mol. The van der Waals surface area contributed by atoms with Crippen molar-refractivity contribution in [1.29, 1.82) is 0 Å². The van der Waals surface area contributed by atoms with Crippen LogP contribution in [0, 0.1) is 19.3 Å². The number of Topliss-reactive ketones (excluding diaryl/α,β-unsaturated/α-hetero) is 1. The smallest absolute Gasteiger partial charge is 0.293 e. The van der Waals surface area contributed by atoms with Crippen LogP contribution in [0.15, 0.2) is 30.3 Å². The van der Waals surface area contributed by atoms with Crippen LogP contribution < -0.4 is 0 Å². The zero-order valence-electron chi connectivity index (χ0n) is 15.4. The van der Waals surface area contributed by atoms with E-state index in [2.05, 4.69) is 6.92 Å². The van der Waals surface area contributed by atoms with E-state index in [0.29, 0.717) is 13.1 Å². The van der Waals surface area contributed by atoms with Crippen molar-refractivity contribution in [3.05, 3.63) is 55.2 Å². The molecule has 0 aromatic heterocycles. The van der Waals surface area contributed by atoms with Crippen LogP contribution in [0.1, 0.15) is 44.6 Å². The standard InChI is InChI=1S/C21H29O5/c1-2-3-5-12-21(26-17-22)13-8-11-19(23)14-20(24)16-25-15-18-9-6-4-7-10-18/h4,6-11,13,17,20-21,24H,2-3,5,12,14-16H2,1H3/t20-,21-/m1/s1. The van der Waals surface area contributed by atoms with Gasteiger partial charge in [0.1, 0.15) is 11.9 Å². The summed E-state index contributed by atoms with van der Waals surface area (Å²) in [6.45, 7) is 3.04. The first-order valence-electron chi connectivity index (χ1n) is 9.09. The molecule has 0 aliphatic rings. The molecule has 26 heavy (non-hydrogen) atoms. The van der Waals surface area contributed by atoms with Gasteiger partial charge in [-0.25, -0.2) is 0 Å². The van der Waals surface area contributed by atoms with Crippen molar-refractivity contribution in [3.8, 4) is 0 Å². The van der Waals surface area contributed by atoms with Crippen LogP contribution in [-0.4, -0.2) is 36.2 Å². The van der Waals surface area contributed by atoms with Crippen LogP contribution in [0.5, 0.6) is 0 Å². The fraction of sp³-hybridized carbons (Fsp3) is 0.476. The van der Waals surface area contributed by atoms with E-state index in [0.717, 1.165) is 31.2 Å². The van der Waals surface area contributed by atoms with Crippen LogP contribution in [0.25, 0.3) is 0 Å². The molecule has 0 bridgehead atoms. The maximum absolute atomic E-state index is 11.9. The maximum Gasteiger partial charge on any atom is 0.293 e. The Bertz CT molecular complexity index is 488. The molecule has 0 spiro atoms. The lowest BCUT2D eigenvalue weighted by Crippen LogP contribution is -2.20. The monoisotopic (exact) mass is 361 g/mol. The van der Waals surface area contributed by atoms with Gasteiger partial charge in [-0.3, -0.25) is 9.59 Å². The molecule has 0 unspecified atom stereocenters. The van der Waals surface area contributed by atoms with Crippen LogP contribution in [0.4, 0.5) is 0 Å². The zero-order valence-corrected chi connectivity index (χ0v) is 15.4. The second-order valence-electron chi connectivity index (χ2n) is 6.14. The molecule has 143 valence electrons. The Morgan fingerprint density at radius 3 is 2.69 bits per heavy atom. The lowest BCUT2D eigenvalue weighted by atomic mass is 10.0. The van der Waals surface area contributed by atoms with Gasteiger partial charge in [0.25, 0.3) is 6.47 Å². The van der Waals surface area contributed by atoms with E-state index in [4.69, 9.17) is 9.47 Å². The van der Waals surface area contributed by atoms with Gasteiger partial charge in [-0.05, 0) is 24.8 Å². The van der Waals surface area contributed by atoms with Crippen molar-refractivity contribution < 1.29 is 24.2 Å². The molecule has 2 atom stereocenters. The molecule has 5 heteroatoms. The SMILES string of the molecule is CCCCC[C@H]([CH][CH][CH]C(=O)C[C@@H](O)COCc1ccccc1)OC=O. The number of ketones is 1. The number of benzene rings is 1. The number of carbonyl (C=O) groups is 2. The quantitative estimate of drug-likeness (QED) is 0.361. The molecule has 1 aromatic rings. The first kappa shape index (κ1) is 22.3. The van der Waals surface area contributed by atoms with Crippen LogP contribution in [0.2, 0.25) is 0 Å². The van der Waals surface area contributed by atoms with E-state index in [1.807, 2.05) is 30.3 Å². The fourth-order valence-electron chi connectivity index (χ4n) is 2.41. The molecular weight excluding hydrogens is 332 g/mol. The molecule has 0 saturated carbocycles. The van der Waals surface area contributed by atoms with Gasteiger partial charge in [-0.2, -0.15) is 0 Å². The molecule has 0 heterocycles. The van der Waals surface area contributed by atoms with Crippen molar-refractivity contribution in [2.45, 2.75) is 57.8 Å². The third kappa shape index (κ3) is 11.0. The second kappa shape index (κ2) is 14.4. The number of aliphatic hydroxyl groups is 1. The average Bonchev–Trinajstić information content (AvgIpc) is 2.62. The van der Waals surface area contributed by atoms with Gasteiger partial charge in [-0.15, -0.1) is 0 Å². The summed E-state index contributed by atoms with van der Waals surface area (Å²) in [5.74, 6) is -0.199. The largest absolute Gasteiger partial charge is 0.464 e. The highest BCUT2D eigenvalue weighted by Gasteiger charge is 2.14. The predicted molar refractivity (Wildman–Crippen MR) is 99.7 cm³/mol. The van der Waals surface area contributed by atoms with Crippen LogP contribution in [0.3, 0.4) is 0 Å². The first-order valence-corrected chi connectivity index (χ1v) is 9.09. The van der Waals surface area contributed by atoms with Gasteiger partial charge in [0, 0.05) is 19.3 Å². The number of aliphatic hydroxyl groups excluding tert-OH is 1. The summed E-state index contributed by atoms with van der Waals surface area (Å²) >= 11 is 0. The van der Waals surface area contributed by atoms with Crippen molar-refractivity contribution in [2.75, 3.05) is 6.61 Å². The molecule has 0 amide bonds. The highest BCUT2D eigenvalue weighted by atomic mass is 16.5. The molecular formula is C21H29O5. The molecule has 0 saturated heterocycles. The Labute approximate surface area is 156 Å². The molecule has 1 aromatic carbocycles. The maximum atomic E-state index is 11.9. The van der Waals surface area contributed by atoms with Gasteiger partial charge in [0.15, 0.2) is 0 Å². The number of carbonyl (C=O) groups excluding carboxylic acids is 2. The summed E-state index contributed by atoms with van der Waals surface area (Å²) in [7, 11) is 0. The normalized spacial score (nSPS) is 13.2. The predicted octanol–water partition coefficient (Wildman–Crippen LogP) is 3.26. The summed E-state index contributed by atoms with van der Waals surface area (Å²) in [4.78, 5) is 22.4. The Balaban J connectivity index is 2.14. The van der Waals surface area contributed by atoms with E-state index < -0.39 is 6.10 Å². The van der Waals surface area contributed by atoms with Gasteiger partial charge in [0.05, 0.1) is 19.3 Å². The molecule has 3 radical (unpaired) electrons.